The second-order valence-corrected chi connectivity index (χ2v) is 3.58. The van der Waals surface area contributed by atoms with Gasteiger partial charge in [-0.15, -0.1) is 0 Å². The number of nitrogens with zero attached hydrogens (tertiary/aromatic N) is 1. The highest BCUT2D eigenvalue weighted by atomic mass is 35.5. The number of aryl methyl sites for hydroxylation is 1. The number of aromatic nitrogens is 1. The van der Waals surface area contributed by atoms with Crippen LogP contribution in [0, 0.1) is 0 Å². The van der Waals surface area contributed by atoms with E-state index in [0.717, 1.165) is 23.1 Å². The van der Waals surface area contributed by atoms with Gasteiger partial charge in [0.2, 0.25) is 0 Å². The molecule has 0 fully saturated rings. The first-order chi connectivity index (χ1) is 6.20. The lowest BCUT2D eigenvalue weighted by atomic mass is 10.1. The van der Waals surface area contributed by atoms with Crippen molar-refractivity contribution in [3.63, 3.8) is 0 Å². The van der Waals surface area contributed by atoms with Crippen molar-refractivity contribution in [2.75, 3.05) is 0 Å². The van der Waals surface area contributed by atoms with E-state index in [1.165, 1.54) is 0 Å². The zero-order valence-electron chi connectivity index (χ0n) is 7.04. The van der Waals surface area contributed by atoms with Crippen molar-refractivity contribution in [2.24, 2.45) is 0 Å². The SMILES string of the molecule is CCc1cc(Cl)cc2nc(S)oc12. The van der Waals surface area contributed by atoms with Crippen LogP contribution in [0.4, 0.5) is 0 Å². The highest BCUT2D eigenvalue weighted by Crippen LogP contribution is 2.26. The number of fused-ring (bicyclic) bond motifs is 1. The van der Waals surface area contributed by atoms with Crippen LogP contribution >= 0.6 is 24.2 Å². The number of thiol groups is 1. The van der Waals surface area contributed by atoms with Crippen molar-refractivity contribution in [1.82, 2.24) is 4.98 Å². The highest BCUT2D eigenvalue weighted by Gasteiger charge is 2.08. The monoisotopic (exact) mass is 213 g/mol. The largest absolute Gasteiger partial charge is 0.431 e. The third-order valence-corrected chi connectivity index (χ3v) is 2.31. The zero-order chi connectivity index (χ0) is 9.42. The molecule has 13 heavy (non-hydrogen) atoms. The molecule has 0 bridgehead atoms. The number of rotatable bonds is 1. The summed E-state index contributed by atoms with van der Waals surface area (Å²) in [6.45, 7) is 2.05. The Kier molecular flexibility index (Phi) is 2.22. The van der Waals surface area contributed by atoms with E-state index in [4.69, 9.17) is 16.0 Å². The second-order valence-electron chi connectivity index (χ2n) is 2.76. The number of hydrogen-bond donors (Lipinski definition) is 1. The molecule has 0 spiro atoms. The summed E-state index contributed by atoms with van der Waals surface area (Å²) in [5, 5.41) is 1.07. The van der Waals surface area contributed by atoms with Crippen LogP contribution < -0.4 is 0 Å². The van der Waals surface area contributed by atoms with Gasteiger partial charge in [-0.3, -0.25) is 0 Å². The Morgan fingerprint density at radius 1 is 1.54 bits per heavy atom. The van der Waals surface area contributed by atoms with E-state index in [2.05, 4.69) is 17.6 Å². The Morgan fingerprint density at radius 3 is 3.00 bits per heavy atom. The maximum absolute atomic E-state index is 5.91. The van der Waals surface area contributed by atoms with Crippen LogP contribution in [-0.2, 0) is 6.42 Å². The molecule has 0 saturated carbocycles. The first-order valence-electron chi connectivity index (χ1n) is 3.98. The molecule has 1 heterocycles. The Morgan fingerprint density at radius 2 is 2.31 bits per heavy atom. The normalized spacial score (nSPS) is 11.0. The Balaban J connectivity index is 2.80. The predicted octanol–water partition coefficient (Wildman–Crippen LogP) is 3.33. The summed E-state index contributed by atoms with van der Waals surface area (Å²) < 4.78 is 5.34. The van der Waals surface area contributed by atoms with E-state index >= 15 is 0 Å². The van der Waals surface area contributed by atoms with Gasteiger partial charge in [-0.05, 0) is 24.1 Å². The van der Waals surface area contributed by atoms with Crippen molar-refractivity contribution < 1.29 is 4.42 Å². The van der Waals surface area contributed by atoms with E-state index < -0.39 is 0 Å². The van der Waals surface area contributed by atoms with Crippen LogP contribution in [0.5, 0.6) is 0 Å². The average Bonchev–Trinajstić information content (AvgIpc) is 2.43. The Bertz CT molecular complexity index is 452. The summed E-state index contributed by atoms with van der Waals surface area (Å²) in [5.74, 6) is 0. The lowest BCUT2D eigenvalue weighted by Gasteiger charge is -1.97. The summed E-state index contributed by atoms with van der Waals surface area (Å²) in [6, 6.07) is 3.67. The maximum Gasteiger partial charge on any atom is 0.253 e. The first-order valence-corrected chi connectivity index (χ1v) is 4.81. The van der Waals surface area contributed by atoms with Crippen molar-refractivity contribution in [3.05, 3.63) is 22.7 Å². The van der Waals surface area contributed by atoms with Crippen LogP contribution in [0.15, 0.2) is 21.8 Å². The van der Waals surface area contributed by atoms with Gasteiger partial charge >= 0.3 is 0 Å². The summed E-state index contributed by atoms with van der Waals surface area (Å²) in [7, 11) is 0. The predicted molar refractivity (Wildman–Crippen MR) is 55.6 cm³/mol. The van der Waals surface area contributed by atoms with Crippen molar-refractivity contribution in [2.45, 2.75) is 18.6 Å². The van der Waals surface area contributed by atoms with Gasteiger partial charge in [-0.2, -0.15) is 0 Å². The third-order valence-electron chi connectivity index (χ3n) is 1.90. The van der Waals surface area contributed by atoms with Crippen LogP contribution in [0.2, 0.25) is 5.02 Å². The fourth-order valence-electron chi connectivity index (χ4n) is 1.31. The molecule has 0 N–H and O–H groups in total. The van der Waals surface area contributed by atoms with Gasteiger partial charge in [0, 0.05) is 5.02 Å². The summed E-state index contributed by atoms with van der Waals surface area (Å²) in [4.78, 5) is 4.10. The molecule has 0 saturated heterocycles. The molecule has 68 valence electrons. The summed E-state index contributed by atoms with van der Waals surface area (Å²) in [6.07, 6.45) is 0.874. The summed E-state index contributed by atoms with van der Waals surface area (Å²) in [5.41, 5.74) is 2.63. The van der Waals surface area contributed by atoms with E-state index in [9.17, 15) is 0 Å². The number of hydrogen-bond acceptors (Lipinski definition) is 3. The van der Waals surface area contributed by atoms with E-state index in [-0.39, 0.29) is 0 Å². The first kappa shape index (κ1) is 8.91. The number of benzene rings is 1. The molecule has 1 aromatic carbocycles. The molecule has 0 radical (unpaired) electrons. The minimum absolute atomic E-state index is 0.381. The molecule has 0 atom stereocenters. The molecule has 4 heteroatoms. The molecule has 0 unspecified atom stereocenters. The Hall–Kier alpha value is -0.670. The molecule has 2 aromatic rings. The van der Waals surface area contributed by atoms with Crippen LogP contribution in [0.25, 0.3) is 11.1 Å². The van der Waals surface area contributed by atoms with Gasteiger partial charge in [0.1, 0.15) is 5.52 Å². The van der Waals surface area contributed by atoms with Crippen LogP contribution in [0.1, 0.15) is 12.5 Å². The average molecular weight is 214 g/mol. The quantitative estimate of drug-likeness (QED) is 0.736. The standard InChI is InChI=1S/C9H8ClNOS/c1-2-5-3-6(10)4-7-8(5)12-9(13)11-7/h3-4H,2H2,1H3,(H,11,13). The van der Waals surface area contributed by atoms with Crippen molar-refractivity contribution in [1.29, 1.82) is 0 Å². The minimum atomic E-state index is 0.381. The molecule has 0 aliphatic rings. The molecular weight excluding hydrogens is 206 g/mol. The number of halogens is 1. The second kappa shape index (κ2) is 3.24. The van der Waals surface area contributed by atoms with Crippen LogP contribution in [0.3, 0.4) is 0 Å². The summed E-state index contributed by atoms with van der Waals surface area (Å²) >= 11 is 9.95. The smallest absolute Gasteiger partial charge is 0.253 e. The van der Waals surface area contributed by atoms with Crippen LogP contribution in [-0.4, -0.2) is 4.98 Å². The fraction of sp³-hybridized carbons (Fsp3) is 0.222. The van der Waals surface area contributed by atoms with Gasteiger partial charge in [-0.1, -0.05) is 31.2 Å². The molecular formula is C9H8ClNOS. The van der Waals surface area contributed by atoms with Gasteiger partial charge in [0.05, 0.1) is 0 Å². The van der Waals surface area contributed by atoms with E-state index in [1.54, 1.807) is 6.07 Å². The zero-order valence-corrected chi connectivity index (χ0v) is 8.69. The van der Waals surface area contributed by atoms with Crippen molar-refractivity contribution in [3.8, 4) is 0 Å². The molecule has 0 aliphatic carbocycles. The maximum atomic E-state index is 5.91. The van der Waals surface area contributed by atoms with E-state index in [0.29, 0.717) is 10.2 Å². The topological polar surface area (TPSA) is 26.0 Å². The highest BCUT2D eigenvalue weighted by molar-refractivity contribution is 7.80. The Labute approximate surface area is 86.3 Å². The molecule has 2 rings (SSSR count). The van der Waals surface area contributed by atoms with Gasteiger partial charge in [-0.25, -0.2) is 4.98 Å². The molecule has 0 amide bonds. The van der Waals surface area contributed by atoms with Gasteiger partial charge in [0.25, 0.3) is 5.22 Å². The molecule has 2 nitrogen and oxygen atoms in total. The minimum Gasteiger partial charge on any atom is -0.431 e. The lowest BCUT2D eigenvalue weighted by molar-refractivity contribution is 0.489. The lowest BCUT2D eigenvalue weighted by Crippen LogP contribution is -1.81. The fourth-order valence-corrected chi connectivity index (χ4v) is 1.75. The van der Waals surface area contributed by atoms with Crippen molar-refractivity contribution >= 4 is 35.3 Å². The molecule has 0 aliphatic heterocycles. The van der Waals surface area contributed by atoms with E-state index in [1.807, 2.05) is 13.0 Å². The van der Waals surface area contributed by atoms with Gasteiger partial charge < -0.3 is 4.42 Å². The number of oxazole rings is 1. The third kappa shape index (κ3) is 1.54. The molecule has 1 aromatic heterocycles. The van der Waals surface area contributed by atoms with Gasteiger partial charge in [0.15, 0.2) is 5.58 Å².